The van der Waals surface area contributed by atoms with Crippen LogP contribution >= 0.6 is 15.9 Å². The van der Waals surface area contributed by atoms with Gasteiger partial charge in [-0.3, -0.25) is 0 Å². The molecule has 0 unspecified atom stereocenters. The van der Waals surface area contributed by atoms with E-state index in [0.717, 1.165) is 30.4 Å². The zero-order valence-corrected chi connectivity index (χ0v) is 14.7. The van der Waals surface area contributed by atoms with E-state index in [9.17, 15) is 0 Å². The molecule has 23 heavy (non-hydrogen) atoms. The number of nitrogen functional groups attached to an aromatic ring is 1. The first-order valence-electron chi connectivity index (χ1n) is 7.73. The number of pyridine rings is 1. The summed E-state index contributed by atoms with van der Waals surface area (Å²) < 4.78 is 1.17. The molecule has 0 amide bonds. The van der Waals surface area contributed by atoms with Crippen LogP contribution in [-0.4, -0.2) is 11.5 Å². The number of aromatic nitrogens is 1. The maximum absolute atomic E-state index is 5.84. The van der Waals surface area contributed by atoms with Crippen molar-refractivity contribution in [3.63, 3.8) is 0 Å². The minimum absolute atomic E-state index is 0.578. The number of nitrogens with zero attached hydrogens (tertiary/aromatic N) is 1. The summed E-state index contributed by atoms with van der Waals surface area (Å²) in [6.45, 7) is 3.83. The Balaban J connectivity index is 1.62. The summed E-state index contributed by atoms with van der Waals surface area (Å²) in [7, 11) is 0. The first-order chi connectivity index (χ1) is 11.1. The molecule has 0 aliphatic heterocycles. The molecule has 4 heteroatoms. The van der Waals surface area contributed by atoms with Gasteiger partial charge in [-0.05, 0) is 54.8 Å². The molecule has 0 spiro atoms. The van der Waals surface area contributed by atoms with E-state index >= 15 is 0 Å². The van der Waals surface area contributed by atoms with Crippen LogP contribution in [0.4, 0.5) is 5.82 Å². The lowest BCUT2D eigenvalue weighted by Crippen LogP contribution is -2.16. The molecule has 0 radical (unpaired) electrons. The van der Waals surface area contributed by atoms with E-state index < -0.39 is 0 Å². The normalized spacial score (nSPS) is 11.0. The lowest BCUT2D eigenvalue weighted by Gasteiger charge is -2.09. The van der Waals surface area contributed by atoms with Crippen LogP contribution in [-0.2, 0) is 13.0 Å². The van der Waals surface area contributed by atoms with Gasteiger partial charge in [0.1, 0.15) is 5.82 Å². The Morgan fingerprint density at radius 1 is 1.13 bits per heavy atom. The van der Waals surface area contributed by atoms with Crippen molar-refractivity contribution in [2.75, 3.05) is 12.3 Å². The third kappa shape index (κ3) is 3.89. The van der Waals surface area contributed by atoms with E-state index in [2.05, 4.69) is 69.6 Å². The standard InChI is InChI=1S/C19H20BrN3/c1-13-10-19(21)23-18-11-14(6-7-16(13)18)12-22-9-8-15-4-2-3-5-17(15)20/h2-7,10-11,22H,8-9,12H2,1H3,(H2,21,23). The third-order valence-corrected chi connectivity index (χ3v) is 4.73. The minimum Gasteiger partial charge on any atom is -0.384 e. The Bertz CT molecular complexity index is 830. The molecule has 0 aliphatic rings. The Morgan fingerprint density at radius 2 is 1.96 bits per heavy atom. The van der Waals surface area contributed by atoms with Crippen LogP contribution in [0, 0.1) is 6.92 Å². The van der Waals surface area contributed by atoms with Crippen molar-refractivity contribution in [3.8, 4) is 0 Å². The maximum atomic E-state index is 5.84. The summed E-state index contributed by atoms with van der Waals surface area (Å²) in [6, 6.07) is 16.6. The second kappa shape index (κ2) is 7.11. The van der Waals surface area contributed by atoms with E-state index in [1.807, 2.05) is 12.1 Å². The van der Waals surface area contributed by atoms with E-state index in [1.54, 1.807) is 0 Å². The van der Waals surface area contributed by atoms with Gasteiger partial charge in [-0.25, -0.2) is 4.98 Å². The van der Waals surface area contributed by atoms with Crippen LogP contribution in [0.2, 0.25) is 0 Å². The molecule has 3 nitrogen and oxygen atoms in total. The maximum Gasteiger partial charge on any atom is 0.124 e. The first-order valence-corrected chi connectivity index (χ1v) is 8.52. The predicted molar refractivity (Wildman–Crippen MR) is 100 cm³/mol. The quantitative estimate of drug-likeness (QED) is 0.661. The minimum atomic E-state index is 0.578. The second-order valence-electron chi connectivity index (χ2n) is 5.73. The predicted octanol–water partition coefficient (Wildman–Crippen LogP) is 4.22. The fourth-order valence-corrected chi connectivity index (χ4v) is 3.22. The fourth-order valence-electron chi connectivity index (χ4n) is 2.74. The number of anilines is 1. The number of aryl methyl sites for hydroxylation is 1. The van der Waals surface area contributed by atoms with Crippen LogP contribution in [0.3, 0.4) is 0 Å². The van der Waals surface area contributed by atoms with Gasteiger partial charge in [0.25, 0.3) is 0 Å². The Morgan fingerprint density at radius 3 is 2.78 bits per heavy atom. The van der Waals surface area contributed by atoms with E-state index in [1.165, 1.54) is 21.2 Å². The van der Waals surface area contributed by atoms with Gasteiger partial charge in [0.2, 0.25) is 0 Å². The SMILES string of the molecule is Cc1cc(N)nc2cc(CNCCc3ccccc3Br)ccc12. The highest BCUT2D eigenvalue weighted by Crippen LogP contribution is 2.20. The molecule has 3 aromatic rings. The van der Waals surface area contributed by atoms with Crippen molar-refractivity contribution in [2.24, 2.45) is 0 Å². The van der Waals surface area contributed by atoms with Crippen LogP contribution in [0.25, 0.3) is 10.9 Å². The van der Waals surface area contributed by atoms with Crippen LogP contribution in [0.5, 0.6) is 0 Å². The number of rotatable bonds is 5. The van der Waals surface area contributed by atoms with Crippen molar-refractivity contribution in [1.82, 2.24) is 10.3 Å². The van der Waals surface area contributed by atoms with Crippen LogP contribution in [0.1, 0.15) is 16.7 Å². The van der Waals surface area contributed by atoms with Crippen LogP contribution in [0.15, 0.2) is 53.0 Å². The first kappa shape index (κ1) is 16.0. The fraction of sp³-hybridized carbons (Fsp3) is 0.211. The van der Waals surface area contributed by atoms with Gasteiger partial charge in [-0.1, -0.05) is 46.3 Å². The van der Waals surface area contributed by atoms with Gasteiger partial charge >= 0.3 is 0 Å². The molecule has 2 aromatic carbocycles. The number of benzene rings is 2. The topological polar surface area (TPSA) is 50.9 Å². The van der Waals surface area contributed by atoms with Gasteiger partial charge in [0, 0.05) is 16.4 Å². The van der Waals surface area contributed by atoms with E-state index in [0.29, 0.717) is 5.82 Å². The average Bonchev–Trinajstić information content (AvgIpc) is 2.52. The molecule has 0 bridgehead atoms. The molecular weight excluding hydrogens is 350 g/mol. The Kier molecular flexibility index (Phi) is 4.94. The van der Waals surface area contributed by atoms with E-state index in [4.69, 9.17) is 5.73 Å². The van der Waals surface area contributed by atoms with Crippen molar-refractivity contribution in [1.29, 1.82) is 0 Å². The number of halogens is 1. The Labute approximate surface area is 145 Å². The molecule has 3 rings (SSSR count). The molecule has 0 atom stereocenters. The molecule has 1 heterocycles. The van der Waals surface area contributed by atoms with Gasteiger partial charge in [0.05, 0.1) is 5.52 Å². The summed E-state index contributed by atoms with van der Waals surface area (Å²) in [6.07, 6.45) is 0.999. The van der Waals surface area contributed by atoms with Crippen molar-refractivity contribution >= 4 is 32.7 Å². The highest BCUT2D eigenvalue weighted by molar-refractivity contribution is 9.10. The summed E-state index contributed by atoms with van der Waals surface area (Å²) in [5, 5.41) is 4.65. The zero-order valence-electron chi connectivity index (χ0n) is 13.1. The second-order valence-corrected chi connectivity index (χ2v) is 6.59. The van der Waals surface area contributed by atoms with Gasteiger partial charge in [-0.2, -0.15) is 0 Å². The largest absolute Gasteiger partial charge is 0.384 e. The van der Waals surface area contributed by atoms with Crippen LogP contribution < -0.4 is 11.1 Å². The van der Waals surface area contributed by atoms with Gasteiger partial charge < -0.3 is 11.1 Å². The van der Waals surface area contributed by atoms with Crippen molar-refractivity contribution in [3.05, 3.63) is 69.7 Å². The highest BCUT2D eigenvalue weighted by Gasteiger charge is 2.03. The number of hydrogen-bond donors (Lipinski definition) is 2. The highest BCUT2D eigenvalue weighted by atomic mass is 79.9. The van der Waals surface area contributed by atoms with Crippen molar-refractivity contribution in [2.45, 2.75) is 19.9 Å². The molecule has 0 saturated carbocycles. The van der Waals surface area contributed by atoms with E-state index in [-0.39, 0.29) is 0 Å². The average molecular weight is 370 g/mol. The monoisotopic (exact) mass is 369 g/mol. The summed E-state index contributed by atoms with van der Waals surface area (Å²) in [4.78, 5) is 4.43. The zero-order chi connectivity index (χ0) is 16.2. The van der Waals surface area contributed by atoms with Gasteiger partial charge in [0.15, 0.2) is 0 Å². The molecule has 3 N–H and O–H groups in total. The lowest BCUT2D eigenvalue weighted by atomic mass is 10.1. The molecule has 118 valence electrons. The van der Waals surface area contributed by atoms with Crippen molar-refractivity contribution < 1.29 is 0 Å². The Hall–Kier alpha value is -1.91. The third-order valence-electron chi connectivity index (χ3n) is 3.96. The number of nitrogens with one attached hydrogen (secondary N) is 1. The molecular formula is C19H20BrN3. The molecule has 0 saturated heterocycles. The van der Waals surface area contributed by atoms with Gasteiger partial charge in [-0.15, -0.1) is 0 Å². The number of hydrogen-bond acceptors (Lipinski definition) is 3. The molecule has 1 aromatic heterocycles. The lowest BCUT2D eigenvalue weighted by molar-refractivity contribution is 0.686. The molecule has 0 aliphatic carbocycles. The smallest absolute Gasteiger partial charge is 0.124 e. The molecule has 0 fully saturated rings. The number of nitrogens with two attached hydrogens (primary N) is 1. The summed E-state index contributed by atoms with van der Waals surface area (Å²) in [5.41, 5.74) is 10.5. The summed E-state index contributed by atoms with van der Waals surface area (Å²) in [5.74, 6) is 0.578. The number of fused-ring (bicyclic) bond motifs is 1. The summed E-state index contributed by atoms with van der Waals surface area (Å²) >= 11 is 3.59.